The zero-order chi connectivity index (χ0) is 13.1. The highest BCUT2D eigenvalue weighted by molar-refractivity contribution is 9.11. The summed E-state index contributed by atoms with van der Waals surface area (Å²) in [4.78, 5) is 15.0. The van der Waals surface area contributed by atoms with Crippen molar-refractivity contribution in [1.29, 1.82) is 0 Å². The Hall–Kier alpha value is -0.840. The van der Waals surface area contributed by atoms with Crippen molar-refractivity contribution in [1.82, 2.24) is 4.90 Å². The van der Waals surface area contributed by atoms with Crippen LogP contribution >= 0.6 is 38.9 Å². The van der Waals surface area contributed by atoms with E-state index in [4.69, 9.17) is 11.6 Å². The second-order valence-electron chi connectivity index (χ2n) is 3.88. The zero-order valence-corrected chi connectivity index (χ0v) is 12.8. The van der Waals surface area contributed by atoms with Crippen molar-refractivity contribution in [3.63, 3.8) is 0 Å². The minimum Gasteiger partial charge on any atom is -0.337 e. The third-order valence-electron chi connectivity index (χ3n) is 2.44. The monoisotopic (exact) mass is 343 g/mol. The second kappa shape index (κ2) is 5.87. The molecule has 0 aliphatic heterocycles. The summed E-state index contributed by atoms with van der Waals surface area (Å²) in [5.41, 5.74) is 0.612. The van der Waals surface area contributed by atoms with Crippen LogP contribution in [0.1, 0.15) is 15.2 Å². The zero-order valence-electron chi connectivity index (χ0n) is 9.69. The van der Waals surface area contributed by atoms with Gasteiger partial charge in [0.25, 0.3) is 5.91 Å². The Bertz CT molecular complexity index is 570. The van der Waals surface area contributed by atoms with E-state index in [1.54, 1.807) is 47.5 Å². The molecule has 2 rings (SSSR count). The molecule has 0 saturated carbocycles. The van der Waals surface area contributed by atoms with E-state index in [9.17, 15) is 4.79 Å². The smallest absolute Gasteiger partial charge is 0.253 e. The van der Waals surface area contributed by atoms with Gasteiger partial charge in [0.05, 0.1) is 10.3 Å². The predicted octanol–water partition coefficient (Wildman–Crippen LogP) is 4.44. The van der Waals surface area contributed by atoms with Crippen LogP contribution in [-0.2, 0) is 6.54 Å². The van der Waals surface area contributed by atoms with Crippen LogP contribution < -0.4 is 0 Å². The number of carbonyl (C=O) groups excluding carboxylic acids is 1. The molecule has 2 aromatic rings. The fraction of sp³-hybridized carbons (Fsp3) is 0.154. The minimum atomic E-state index is -0.0259. The molecule has 0 N–H and O–H groups in total. The van der Waals surface area contributed by atoms with Crippen molar-refractivity contribution in [2.45, 2.75) is 6.54 Å². The van der Waals surface area contributed by atoms with E-state index in [0.717, 1.165) is 8.66 Å². The SMILES string of the molecule is CN(Cc1ccc(Br)s1)C(=O)c1cccc(Cl)c1. The Morgan fingerprint density at radius 1 is 1.39 bits per heavy atom. The van der Waals surface area contributed by atoms with Gasteiger partial charge in [-0.25, -0.2) is 0 Å². The lowest BCUT2D eigenvalue weighted by Gasteiger charge is -2.16. The first kappa shape index (κ1) is 13.6. The Morgan fingerprint density at radius 3 is 2.78 bits per heavy atom. The molecule has 5 heteroatoms. The van der Waals surface area contributed by atoms with Gasteiger partial charge >= 0.3 is 0 Å². The van der Waals surface area contributed by atoms with Gasteiger partial charge in [-0.15, -0.1) is 11.3 Å². The van der Waals surface area contributed by atoms with Gasteiger partial charge in [-0.05, 0) is 46.3 Å². The third-order valence-corrected chi connectivity index (χ3v) is 4.28. The highest BCUT2D eigenvalue weighted by atomic mass is 79.9. The Labute approximate surface area is 123 Å². The Balaban J connectivity index is 2.09. The molecule has 0 aliphatic carbocycles. The van der Waals surface area contributed by atoms with Crippen molar-refractivity contribution in [2.75, 3.05) is 7.05 Å². The van der Waals surface area contributed by atoms with Crippen LogP contribution in [0.25, 0.3) is 0 Å². The van der Waals surface area contributed by atoms with Crippen LogP contribution in [0, 0.1) is 0 Å². The molecule has 0 saturated heterocycles. The van der Waals surface area contributed by atoms with E-state index < -0.39 is 0 Å². The van der Waals surface area contributed by atoms with Crippen LogP contribution in [0.2, 0.25) is 5.02 Å². The molecule has 94 valence electrons. The lowest BCUT2D eigenvalue weighted by atomic mass is 10.2. The van der Waals surface area contributed by atoms with Gasteiger partial charge in [0.2, 0.25) is 0 Å². The molecule has 0 bridgehead atoms. The quantitative estimate of drug-likeness (QED) is 0.806. The summed E-state index contributed by atoms with van der Waals surface area (Å²) >= 11 is 10.9. The maximum atomic E-state index is 12.2. The molecule has 1 aromatic carbocycles. The average Bonchev–Trinajstić information content (AvgIpc) is 2.73. The molecule has 1 aromatic heterocycles. The summed E-state index contributed by atoms with van der Waals surface area (Å²) in [6.45, 7) is 0.599. The van der Waals surface area contributed by atoms with Gasteiger partial charge in [-0.1, -0.05) is 17.7 Å². The molecule has 0 aliphatic rings. The number of carbonyl (C=O) groups is 1. The molecule has 1 amide bonds. The van der Waals surface area contributed by atoms with Crippen molar-refractivity contribution in [3.05, 3.63) is 55.6 Å². The molecule has 0 unspecified atom stereocenters. The summed E-state index contributed by atoms with van der Waals surface area (Å²) in [6.07, 6.45) is 0. The average molecular weight is 345 g/mol. The van der Waals surface area contributed by atoms with Crippen LogP contribution in [0.15, 0.2) is 40.2 Å². The normalized spacial score (nSPS) is 10.4. The number of nitrogens with zero attached hydrogens (tertiary/aromatic N) is 1. The third kappa shape index (κ3) is 3.34. The molecule has 0 atom stereocenters. The largest absolute Gasteiger partial charge is 0.337 e. The van der Waals surface area contributed by atoms with Gasteiger partial charge in [0.1, 0.15) is 0 Å². The number of hydrogen-bond acceptors (Lipinski definition) is 2. The van der Waals surface area contributed by atoms with E-state index in [-0.39, 0.29) is 5.91 Å². The lowest BCUT2D eigenvalue weighted by Crippen LogP contribution is -2.25. The van der Waals surface area contributed by atoms with Crippen molar-refractivity contribution < 1.29 is 4.79 Å². The lowest BCUT2D eigenvalue weighted by molar-refractivity contribution is 0.0786. The summed E-state index contributed by atoms with van der Waals surface area (Å²) in [7, 11) is 1.79. The molecule has 1 heterocycles. The molecule has 0 fully saturated rings. The number of rotatable bonds is 3. The molecule has 0 radical (unpaired) electrons. The van der Waals surface area contributed by atoms with Crippen LogP contribution in [-0.4, -0.2) is 17.9 Å². The van der Waals surface area contributed by atoms with Gasteiger partial charge in [0.15, 0.2) is 0 Å². The van der Waals surface area contributed by atoms with Gasteiger partial charge < -0.3 is 4.90 Å². The maximum Gasteiger partial charge on any atom is 0.253 e. The number of amides is 1. The molecular formula is C13H11BrClNOS. The Kier molecular flexibility index (Phi) is 4.43. The number of hydrogen-bond donors (Lipinski definition) is 0. The molecule has 2 nitrogen and oxygen atoms in total. The van der Waals surface area contributed by atoms with E-state index in [1.165, 1.54) is 0 Å². The summed E-state index contributed by atoms with van der Waals surface area (Å²) in [6, 6.07) is 11.0. The highest BCUT2D eigenvalue weighted by Crippen LogP contribution is 2.23. The molecular weight excluding hydrogens is 334 g/mol. The van der Waals surface area contributed by atoms with E-state index >= 15 is 0 Å². The van der Waals surface area contributed by atoms with Crippen LogP contribution in [0.3, 0.4) is 0 Å². The van der Waals surface area contributed by atoms with Gasteiger partial charge in [-0.2, -0.15) is 0 Å². The summed E-state index contributed by atoms with van der Waals surface area (Å²) in [5, 5.41) is 0.577. The molecule has 0 spiro atoms. The fourth-order valence-electron chi connectivity index (χ4n) is 1.58. The molecule has 18 heavy (non-hydrogen) atoms. The topological polar surface area (TPSA) is 20.3 Å². The van der Waals surface area contributed by atoms with E-state index in [1.807, 2.05) is 12.1 Å². The number of benzene rings is 1. The van der Waals surface area contributed by atoms with Crippen molar-refractivity contribution >= 4 is 44.8 Å². The Morgan fingerprint density at radius 2 is 2.17 bits per heavy atom. The van der Waals surface area contributed by atoms with E-state index in [2.05, 4.69) is 15.9 Å². The summed E-state index contributed by atoms with van der Waals surface area (Å²) < 4.78 is 1.07. The predicted molar refractivity (Wildman–Crippen MR) is 79.3 cm³/mol. The second-order valence-corrected chi connectivity index (χ2v) is 6.86. The number of halogens is 2. The standard InChI is InChI=1S/C13H11BrClNOS/c1-16(8-11-5-6-12(14)18-11)13(17)9-3-2-4-10(15)7-9/h2-7H,8H2,1H3. The van der Waals surface area contributed by atoms with E-state index in [0.29, 0.717) is 17.1 Å². The van der Waals surface area contributed by atoms with Crippen molar-refractivity contribution in [3.8, 4) is 0 Å². The van der Waals surface area contributed by atoms with Crippen LogP contribution in [0.5, 0.6) is 0 Å². The summed E-state index contributed by atoms with van der Waals surface area (Å²) in [5.74, 6) is -0.0259. The maximum absolute atomic E-state index is 12.2. The minimum absolute atomic E-state index is 0.0259. The fourth-order valence-corrected chi connectivity index (χ4v) is 3.31. The van der Waals surface area contributed by atoms with Crippen LogP contribution in [0.4, 0.5) is 0 Å². The first-order chi connectivity index (χ1) is 8.56. The first-order valence-electron chi connectivity index (χ1n) is 5.31. The first-order valence-corrected chi connectivity index (χ1v) is 7.30. The highest BCUT2D eigenvalue weighted by Gasteiger charge is 2.13. The van der Waals surface area contributed by atoms with Crippen molar-refractivity contribution in [2.24, 2.45) is 0 Å². The number of thiophene rings is 1. The van der Waals surface area contributed by atoms with Gasteiger partial charge in [0, 0.05) is 22.5 Å². The van der Waals surface area contributed by atoms with Gasteiger partial charge in [-0.3, -0.25) is 4.79 Å².